The largest absolute Gasteiger partial charge is 0.368 e. The summed E-state index contributed by atoms with van der Waals surface area (Å²) in [5.41, 5.74) is 2.81. The fraction of sp³-hybridized carbons (Fsp3) is 0.294. The lowest BCUT2D eigenvalue weighted by atomic mass is 10.1. The van der Waals surface area contributed by atoms with Crippen LogP contribution in [0.25, 0.3) is 22.0 Å². The average molecular weight is 323 g/mol. The second-order valence-corrected chi connectivity index (χ2v) is 5.86. The molecule has 7 nitrogen and oxygen atoms in total. The molecule has 1 saturated heterocycles. The number of benzene rings is 1. The first kappa shape index (κ1) is 14.8. The number of fused-ring (bicyclic) bond motifs is 1. The van der Waals surface area contributed by atoms with Crippen molar-refractivity contribution in [3.05, 3.63) is 36.8 Å². The number of hydrogen-bond donors (Lipinski definition) is 1. The van der Waals surface area contributed by atoms with Crippen molar-refractivity contribution in [3.63, 3.8) is 0 Å². The van der Waals surface area contributed by atoms with Crippen molar-refractivity contribution in [1.82, 2.24) is 19.7 Å². The van der Waals surface area contributed by atoms with Gasteiger partial charge in [-0.2, -0.15) is 5.10 Å². The molecule has 0 saturated carbocycles. The van der Waals surface area contributed by atoms with Gasteiger partial charge in [-0.15, -0.1) is 0 Å². The van der Waals surface area contributed by atoms with Crippen molar-refractivity contribution in [2.45, 2.75) is 18.9 Å². The molecular weight excluding hydrogens is 306 g/mol. The standard InChI is InChI=1S/C17H17N5O2/c1-22-10-13(9-19-22)11-4-5-12-8-18-17(20-14(12)7-11)21-16(23)15-3-2-6-24-15/h4-5,7-10,15H,2-3,6H2,1H3,(H,18,20,21,23)/t15-/m0/s1. The molecule has 122 valence electrons. The van der Waals surface area contributed by atoms with Gasteiger partial charge in [0.05, 0.1) is 11.7 Å². The molecule has 3 heterocycles. The SMILES string of the molecule is Cn1cc(-c2ccc3cnc(NC(=O)[C@@H]4CCCO4)nc3c2)cn1. The van der Waals surface area contributed by atoms with Crippen molar-refractivity contribution in [2.75, 3.05) is 11.9 Å². The van der Waals surface area contributed by atoms with E-state index in [-0.39, 0.29) is 5.91 Å². The highest BCUT2D eigenvalue weighted by atomic mass is 16.5. The van der Waals surface area contributed by atoms with E-state index in [0.717, 1.165) is 34.9 Å². The second kappa shape index (κ2) is 6.01. The van der Waals surface area contributed by atoms with Crippen LogP contribution in [-0.2, 0) is 16.6 Å². The van der Waals surface area contributed by atoms with Crippen LogP contribution in [0.3, 0.4) is 0 Å². The van der Waals surface area contributed by atoms with Crippen molar-refractivity contribution in [3.8, 4) is 11.1 Å². The van der Waals surface area contributed by atoms with Crippen LogP contribution in [0.1, 0.15) is 12.8 Å². The molecule has 2 aromatic heterocycles. The second-order valence-electron chi connectivity index (χ2n) is 5.86. The first-order valence-corrected chi connectivity index (χ1v) is 7.87. The third-order valence-electron chi connectivity index (χ3n) is 4.08. The number of hydrogen-bond acceptors (Lipinski definition) is 5. The molecule has 0 spiro atoms. The maximum absolute atomic E-state index is 12.1. The predicted octanol–water partition coefficient (Wildman–Crippen LogP) is 2.15. The minimum Gasteiger partial charge on any atom is -0.368 e. The highest BCUT2D eigenvalue weighted by Crippen LogP contribution is 2.23. The van der Waals surface area contributed by atoms with E-state index >= 15 is 0 Å². The molecule has 3 aromatic rings. The Kier molecular flexibility index (Phi) is 3.70. The molecule has 7 heteroatoms. The molecule has 1 fully saturated rings. The molecule has 0 bridgehead atoms. The van der Waals surface area contributed by atoms with Gasteiger partial charge < -0.3 is 4.74 Å². The van der Waals surface area contributed by atoms with E-state index in [2.05, 4.69) is 20.4 Å². The summed E-state index contributed by atoms with van der Waals surface area (Å²) < 4.78 is 7.13. The van der Waals surface area contributed by atoms with E-state index in [0.29, 0.717) is 12.6 Å². The van der Waals surface area contributed by atoms with Gasteiger partial charge in [-0.05, 0) is 24.5 Å². The van der Waals surface area contributed by atoms with Crippen LogP contribution < -0.4 is 5.32 Å². The molecule has 1 aliphatic heterocycles. The van der Waals surface area contributed by atoms with Crippen LogP contribution in [0.15, 0.2) is 36.8 Å². The Morgan fingerprint density at radius 2 is 2.25 bits per heavy atom. The molecule has 0 aliphatic carbocycles. The lowest BCUT2D eigenvalue weighted by Gasteiger charge is -2.09. The van der Waals surface area contributed by atoms with E-state index in [1.54, 1.807) is 10.9 Å². The molecule has 0 radical (unpaired) electrons. The Hall–Kier alpha value is -2.80. The molecular formula is C17H17N5O2. The summed E-state index contributed by atoms with van der Waals surface area (Å²) in [5, 5.41) is 7.84. The van der Waals surface area contributed by atoms with Crippen LogP contribution >= 0.6 is 0 Å². The highest BCUT2D eigenvalue weighted by Gasteiger charge is 2.24. The smallest absolute Gasteiger partial charge is 0.255 e. The Balaban J connectivity index is 1.62. The maximum Gasteiger partial charge on any atom is 0.255 e. The summed E-state index contributed by atoms with van der Waals surface area (Å²) in [6, 6.07) is 5.94. The quantitative estimate of drug-likeness (QED) is 0.798. The molecule has 0 unspecified atom stereocenters. The molecule has 1 aromatic carbocycles. The summed E-state index contributed by atoms with van der Waals surface area (Å²) >= 11 is 0. The van der Waals surface area contributed by atoms with Crippen molar-refractivity contribution in [1.29, 1.82) is 0 Å². The Labute approximate surface area is 138 Å². The number of nitrogens with zero attached hydrogens (tertiary/aromatic N) is 4. The van der Waals surface area contributed by atoms with Crippen molar-refractivity contribution >= 4 is 22.8 Å². The maximum atomic E-state index is 12.1. The molecule has 4 rings (SSSR count). The fourth-order valence-electron chi connectivity index (χ4n) is 2.81. The van der Waals surface area contributed by atoms with Gasteiger partial charge in [-0.1, -0.05) is 12.1 Å². The number of aromatic nitrogens is 4. The summed E-state index contributed by atoms with van der Waals surface area (Å²) in [4.78, 5) is 20.8. The number of ether oxygens (including phenoxy) is 1. The molecule has 1 aliphatic rings. The van der Waals surface area contributed by atoms with Gasteiger partial charge in [0.1, 0.15) is 6.10 Å². The van der Waals surface area contributed by atoms with Crippen LogP contribution in [0, 0.1) is 0 Å². The van der Waals surface area contributed by atoms with Gasteiger partial charge >= 0.3 is 0 Å². The van der Waals surface area contributed by atoms with E-state index in [1.165, 1.54) is 0 Å². The molecule has 1 atom stereocenters. The number of amides is 1. The summed E-state index contributed by atoms with van der Waals surface area (Å²) in [5.74, 6) is 0.113. The van der Waals surface area contributed by atoms with Gasteiger partial charge in [-0.25, -0.2) is 9.97 Å². The molecule has 1 N–H and O–H groups in total. The normalized spacial score (nSPS) is 17.3. The average Bonchev–Trinajstić information content (AvgIpc) is 3.25. The zero-order chi connectivity index (χ0) is 16.5. The number of nitrogens with one attached hydrogen (secondary N) is 1. The number of carbonyl (C=O) groups is 1. The zero-order valence-corrected chi connectivity index (χ0v) is 13.3. The highest BCUT2D eigenvalue weighted by molar-refractivity contribution is 5.94. The van der Waals surface area contributed by atoms with Crippen LogP contribution in [0.4, 0.5) is 5.95 Å². The zero-order valence-electron chi connectivity index (χ0n) is 13.3. The van der Waals surface area contributed by atoms with Gasteiger partial charge in [0.25, 0.3) is 5.91 Å². The topological polar surface area (TPSA) is 81.9 Å². The van der Waals surface area contributed by atoms with Gasteiger partial charge in [0, 0.05) is 37.0 Å². The van der Waals surface area contributed by atoms with E-state index < -0.39 is 6.10 Å². The first-order valence-electron chi connectivity index (χ1n) is 7.87. The Morgan fingerprint density at radius 3 is 3.00 bits per heavy atom. The molecule has 1 amide bonds. The first-order chi connectivity index (χ1) is 11.7. The van der Waals surface area contributed by atoms with E-state index in [1.807, 2.05) is 37.6 Å². The summed E-state index contributed by atoms with van der Waals surface area (Å²) in [7, 11) is 1.88. The third kappa shape index (κ3) is 2.85. The third-order valence-corrected chi connectivity index (χ3v) is 4.08. The lowest BCUT2D eigenvalue weighted by molar-refractivity contribution is -0.124. The minimum absolute atomic E-state index is 0.185. The number of carbonyl (C=O) groups excluding carboxylic acids is 1. The lowest BCUT2D eigenvalue weighted by Crippen LogP contribution is -2.27. The van der Waals surface area contributed by atoms with Crippen molar-refractivity contribution in [2.24, 2.45) is 7.05 Å². The van der Waals surface area contributed by atoms with E-state index in [4.69, 9.17) is 4.74 Å². The summed E-state index contributed by atoms with van der Waals surface area (Å²) in [6.07, 6.45) is 6.72. The monoisotopic (exact) mass is 323 g/mol. The summed E-state index contributed by atoms with van der Waals surface area (Å²) in [6.45, 7) is 0.630. The Bertz CT molecular complexity index is 899. The van der Waals surface area contributed by atoms with E-state index in [9.17, 15) is 4.79 Å². The fourth-order valence-corrected chi connectivity index (χ4v) is 2.81. The number of aryl methyl sites for hydroxylation is 1. The predicted molar refractivity (Wildman–Crippen MR) is 89.3 cm³/mol. The van der Waals surface area contributed by atoms with Gasteiger partial charge in [0.15, 0.2) is 0 Å². The van der Waals surface area contributed by atoms with Gasteiger partial charge in [-0.3, -0.25) is 14.8 Å². The van der Waals surface area contributed by atoms with Crippen LogP contribution in [0.2, 0.25) is 0 Å². The number of anilines is 1. The van der Waals surface area contributed by atoms with Crippen molar-refractivity contribution < 1.29 is 9.53 Å². The Morgan fingerprint density at radius 1 is 1.33 bits per heavy atom. The van der Waals surface area contributed by atoms with Crippen LogP contribution in [0.5, 0.6) is 0 Å². The van der Waals surface area contributed by atoms with Gasteiger partial charge in [0.2, 0.25) is 5.95 Å². The number of rotatable bonds is 3. The molecule has 24 heavy (non-hydrogen) atoms. The minimum atomic E-state index is -0.397. The van der Waals surface area contributed by atoms with Crippen LogP contribution in [-0.4, -0.2) is 38.4 Å².